The lowest BCUT2D eigenvalue weighted by Gasteiger charge is -2.28. The van der Waals surface area contributed by atoms with E-state index >= 15 is 0 Å². The summed E-state index contributed by atoms with van der Waals surface area (Å²) in [6.45, 7) is 7.20. The molecule has 4 heteroatoms. The Hall–Kier alpha value is -0.610. The van der Waals surface area contributed by atoms with Gasteiger partial charge in [0.25, 0.3) is 0 Å². The van der Waals surface area contributed by atoms with Crippen LogP contribution in [0.1, 0.15) is 38.5 Å². The van der Waals surface area contributed by atoms with E-state index in [1.165, 1.54) is 51.9 Å². The van der Waals surface area contributed by atoms with E-state index in [2.05, 4.69) is 9.80 Å². The molecule has 18 heavy (non-hydrogen) atoms. The number of carbonyl (C=O) groups is 1. The zero-order chi connectivity index (χ0) is 12.8. The van der Waals surface area contributed by atoms with Gasteiger partial charge in [0.15, 0.2) is 0 Å². The van der Waals surface area contributed by atoms with Crippen molar-refractivity contribution in [1.82, 2.24) is 9.80 Å². The lowest BCUT2D eigenvalue weighted by molar-refractivity contribution is -0.137. The second-order valence-corrected chi connectivity index (χ2v) is 5.79. The maximum absolute atomic E-state index is 10.5. The summed E-state index contributed by atoms with van der Waals surface area (Å²) in [5.41, 5.74) is 0. The summed E-state index contributed by atoms with van der Waals surface area (Å²) >= 11 is 0. The number of rotatable bonds is 6. The van der Waals surface area contributed by atoms with Crippen molar-refractivity contribution in [3.63, 3.8) is 0 Å². The van der Waals surface area contributed by atoms with Gasteiger partial charge >= 0.3 is 5.97 Å². The van der Waals surface area contributed by atoms with Crippen LogP contribution in [0.5, 0.6) is 0 Å². The number of piperidine rings is 1. The summed E-state index contributed by atoms with van der Waals surface area (Å²) in [6.07, 6.45) is 6.51. The minimum Gasteiger partial charge on any atom is -0.481 e. The highest BCUT2D eigenvalue weighted by atomic mass is 16.4. The number of hydrogen-bond acceptors (Lipinski definition) is 3. The highest BCUT2D eigenvalue weighted by Crippen LogP contribution is 2.21. The molecule has 104 valence electrons. The predicted molar refractivity (Wildman–Crippen MR) is 71.7 cm³/mol. The Bertz CT molecular complexity index is 265. The summed E-state index contributed by atoms with van der Waals surface area (Å²) in [5, 5.41) is 8.69. The minimum absolute atomic E-state index is 0.338. The Morgan fingerprint density at radius 3 is 2.50 bits per heavy atom. The van der Waals surface area contributed by atoms with Gasteiger partial charge in [-0.15, -0.1) is 0 Å². The Kier molecular flexibility index (Phi) is 5.45. The first-order valence-electron chi connectivity index (χ1n) is 7.40. The van der Waals surface area contributed by atoms with Crippen molar-refractivity contribution >= 4 is 5.97 Å². The Morgan fingerprint density at radius 1 is 1.06 bits per heavy atom. The zero-order valence-corrected chi connectivity index (χ0v) is 11.3. The fraction of sp³-hybridized carbons (Fsp3) is 0.929. The average molecular weight is 254 g/mol. The molecule has 1 unspecified atom stereocenters. The van der Waals surface area contributed by atoms with E-state index in [9.17, 15) is 4.79 Å². The van der Waals surface area contributed by atoms with Crippen LogP contribution in [0.25, 0.3) is 0 Å². The molecule has 0 aromatic heterocycles. The molecule has 4 nitrogen and oxygen atoms in total. The van der Waals surface area contributed by atoms with Crippen molar-refractivity contribution < 1.29 is 9.90 Å². The van der Waals surface area contributed by atoms with Gasteiger partial charge in [-0.3, -0.25) is 4.79 Å². The molecule has 0 aromatic rings. The van der Waals surface area contributed by atoms with E-state index in [0.717, 1.165) is 19.5 Å². The molecule has 0 amide bonds. The maximum Gasteiger partial charge on any atom is 0.303 e. The third-order valence-electron chi connectivity index (χ3n) is 4.32. The maximum atomic E-state index is 10.5. The first-order chi connectivity index (χ1) is 8.74. The van der Waals surface area contributed by atoms with Crippen LogP contribution in [0.15, 0.2) is 0 Å². The van der Waals surface area contributed by atoms with Crippen LogP contribution in [-0.4, -0.2) is 60.1 Å². The molecule has 0 aromatic carbocycles. The summed E-state index contributed by atoms with van der Waals surface area (Å²) in [4.78, 5) is 15.6. The van der Waals surface area contributed by atoms with Crippen LogP contribution < -0.4 is 0 Å². The van der Waals surface area contributed by atoms with E-state index in [1.54, 1.807) is 0 Å². The van der Waals surface area contributed by atoms with Gasteiger partial charge in [0.05, 0.1) is 0 Å². The first kappa shape index (κ1) is 13.8. The van der Waals surface area contributed by atoms with Crippen molar-refractivity contribution in [2.24, 2.45) is 5.92 Å². The molecule has 2 aliphatic heterocycles. The van der Waals surface area contributed by atoms with E-state index < -0.39 is 5.97 Å². The Balaban J connectivity index is 1.58. The van der Waals surface area contributed by atoms with Crippen molar-refractivity contribution in [2.45, 2.75) is 38.5 Å². The van der Waals surface area contributed by atoms with Crippen molar-refractivity contribution in [1.29, 1.82) is 0 Å². The average Bonchev–Trinajstić information content (AvgIpc) is 2.83. The van der Waals surface area contributed by atoms with Crippen LogP contribution in [0.2, 0.25) is 0 Å². The smallest absolute Gasteiger partial charge is 0.303 e. The molecule has 0 radical (unpaired) electrons. The van der Waals surface area contributed by atoms with E-state index in [0.29, 0.717) is 12.3 Å². The molecule has 0 aliphatic carbocycles. The third kappa shape index (κ3) is 4.58. The lowest BCUT2D eigenvalue weighted by atomic mass is 10.0. The largest absolute Gasteiger partial charge is 0.481 e. The van der Waals surface area contributed by atoms with Crippen molar-refractivity contribution in [3.8, 4) is 0 Å². The number of aliphatic carboxylic acids is 1. The molecule has 2 heterocycles. The summed E-state index contributed by atoms with van der Waals surface area (Å²) in [5.74, 6) is -0.0378. The van der Waals surface area contributed by atoms with Crippen molar-refractivity contribution in [3.05, 3.63) is 0 Å². The quantitative estimate of drug-likeness (QED) is 0.783. The van der Waals surface area contributed by atoms with Crippen molar-refractivity contribution in [2.75, 3.05) is 39.3 Å². The number of hydrogen-bond donors (Lipinski definition) is 1. The van der Waals surface area contributed by atoms with E-state index in [1.807, 2.05) is 0 Å². The van der Waals surface area contributed by atoms with E-state index in [-0.39, 0.29) is 0 Å². The Morgan fingerprint density at radius 2 is 1.78 bits per heavy atom. The van der Waals surface area contributed by atoms with Crippen LogP contribution in [0.3, 0.4) is 0 Å². The predicted octanol–water partition coefficient (Wildman–Crippen LogP) is 1.66. The molecule has 2 rings (SSSR count). The standard InChI is InChI=1S/C14H26N2O2/c17-14(18)5-4-13-6-9-16(12-13)11-10-15-7-2-1-3-8-15/h13H,1-12H2,(H,17,18). The second-order valence-electron chi connectivity index (χ2n) is 5.79. The topological polar surface area (TPSA) is 43.8 Å². The van der Waals surface area contributed by atoms with Gasteiger partial charge < -0.3 is 14.9 Å². The number of carboxylic acids is 1. The van der Waals surface area contributed by atoms with Crippen LogP contribution >= 0.6 is 0 Å². The third-order valence-corrected chi connectivity index (χ3v) is 4.32. The van der Waals surface area contributed by atoms with Gasteiger partial charge in [-0.2, -0.15) is 0 Å². The molecule has 1 atom stereocenters. The molecule has 0 saturated carbocycles. The molecular weight excluding hydrogens is 228 g/mol. The van der Waals surface area contributed by atoms with E-state index in [4.69, 9.17) is 5.11 Å². The zero-order valence-electron chi connectivity index (χ0n) is 11.3. The lowest BCUT2D eigenvalue weighted by Crippen LogP contribution is -2.37. The van der Waals surface area contributed by atoms with Crippen LogP contribution in [-0.2, 0) is 4.79 Å². The second kappa shape index (κ2) is 7.10. The molecule has 0 bridgehead atoms. The highest BCUT2D eigenvalue weighted by molar-refractivity contribution is 5.66. The number of nitrogens with zero attached hydrogens (tertiary/aromatic N) is 2. The van der Waals surface area contributed by atoms with Crippen LogP contribution in [0, 0.1) is 5.92 Å². The minimum atomic E-state index is -0.651. The molecule has 2 saturated heterocycles. The molecule has 2 aliphatic rings. The molecular formula is C14H26N2O2. The van der Waals surface area contributed by atoms with Gasteiger partial charge in [-0.05, 0) is 51.2 Å². The molecule has 1 N–H and O–H groups in total. The van der Waals surface area contributed by atoms with Gasteiger partial charge in [0.1, 0.15) is 0 Å². The fourth-order valence-electron chi connectivity index (χ4n) is 3.15. The van der Waals surface area contributed by atoms with Gasteiger partial charge in [-0.25, -0.2) is 0 Å². The first-order valence-corrected chi connectivity index (χ1v) is 7.40. The Labute approximate surface area is 110 Å². The van der Waals surface area contributed by atoms with Crippen LogP contribution in [0.4, 0.5) is 0 Å². The van der Waals surface area contributed by atoms with Gasteiger partial charge in [0.2, 0.25) is 0 Å². The number of carboxylic acid groups (broad SMARTS) is 1. The fourth-order valence-corrected chi connectivity index (χ4v) is 3.15. The number of likely N-dealkylation sites (tertiary alicyclic amines) is 2. The highest BCUT2D eigenvalue weighted by Gasteiger charge is 2.23. The monoisotopic (exact) mass is 254 g/mol. The summed E-state index contributed by atoms with van der Waals surface area (Å²) in [7, 11) is 0. The van der Waals surface area contributed by atoms with Gasteiger partial charge in [-0.1, -0.05) is 6.42 Å². The summed E-state index contributed by atoms with van der Waals surface area (Å²) < 4.78 is 0. The SMILES string of the molecule is O=C(O)CCC1CCN(CCN2CCCCC2)C1. The molecule has 2 fully saturated rings. The molecule has 0 spiro atoms. The van der Waals surface area contributed by atoms with Gasteiger partial charge in [0, 0.05) is 26.1 Å². The summed E-state index contributed by atoms with van der Waals surface area (Å²) in [6, 6.07) is 0. The normalized spacial score (nSPS) is 26.6.